The Morgan fingerprint density at radius 3 is 2.76 bits per heavy atom. The summed E-state index contributed by atoms with van der Waals surface area (Å²) in [4.78, 5) is 0. The van der Waals surface area contributed by atoms with Crippen LogP contribution in [0.3, 0.4) is 0 Å². The average molecular weight is 280 g/mol. The summed E-state index contributed by atoms with van der Waals surface area (Å²) in [7, 11) is 0. The molecule has 0 saturated heterocycles. The highest BCUT2D eigenvalue weighted by Gasteiger charge is 2.07. The van der Waals surface area contributed by atoms with Crippen LogP contribution in [0.5, 0.6) is 5.75 Å². The number of hydrogen-bond donors (Lipinski definition) is 1. The molecule has 21 heavy (non-hydrogen) atoms. The summed E-state index contributed by atoms with van der Waals surface area (Å²) in [6.45, 7) is 5.14. The van der Waals surface area contributed by atoms with Crippen LogP contribution in [-0.4, -0.2) is 6.61 Å². The highest BCUT2D eigenvalue weighted by atomic mass is 16.5. The third-order valence-corrected chi connectivity index (χ3v) is 3.47. The molecule has 0 aliphatic heterocycles. The smallest absolute Gasteiger partial charge is 0.174 e. The van der Waals surface area contributed by atoms with Crippen LogP contribution in [0.25, 0.3) is 0 Å². The van der Waals surface area contributed by atoms with Crippen molar-refractivity contribution in [3.05, 3.63) is 65.2 Å². The molecule has 1 N–H and O–H groups in total. The second kappa shape index (κ2) is 7.47. The zero-order valence-corrected chi connectivity index (χ0v) is 12.5. The van der Waals surface area contributed by atoms with Gasteiger partial charge in [-0.05, 0) is 42.7 Å². The number of aryl methyl sites for hydroxylation is 1. The fourth-order valence-corrected chi connectivity index (χ4v) is 2.31. The summed E-state index contributed by atoms with van der Waals surface area (Å²) in [6, 6.07) is 18.5. The van der Waals surface area contributed by atoms with E-state index in [1.165, 1.54) is 11.1 Å². The van der Waals surface area contributed by atoms with Gasteiger partial charge in [0.25, 0.3) is 0 Å². The van der Waals surface area contributed by atoms with Crippen LogP contribution in [-0.2, 0) is 6.54 Å². The van der Waals surface area contributed by atoms with Crippen molar-refractivity contribution < 1.29 is 4.74 Å². The van der Waals surface area contributed by atoms with Gasteiger partial charge in [0.15, 0.2) is 6.61 Å². The zero-order chi connectivity index (χ0) is 15.1. The van der Waals surface area contributed by atoms with Gasteiger partial charge in [-0.15, -0.1) is 0 Å². The molecule has 0 aromatic heterocycles. The van der Waals surface area contributed by atoms with Gasteiger partial charge in [0.1, 0.15) is 11.8 Å². The second-order valence-electron chi connectivity index (χ2n) is 5.05. The monoisotopic (exact) mass is 280 g/mol. The molecule has 2 aromatic carbocycles. The normalized spacial score (nSPS) is 11.7. The van der Waals surface area contributed by atoms with E-state index in [2.05, 4.69) is 49.5 Å². The molecule has 0 unspecified atom stereocenters. The quantitative estimate of drug-likeness (QED) is 0.876. The Hall–Kier alpha value is -2.31. The van der Waals surface area contributed by atoms with Crippen LogP contribution in [0.4, 0.5) is 0 Å². The van der Waals surface area contributed by atoms with E-state index in [-0.39, 0.29) is 12.6 Å². The van der Waals surface area contributed by atoms with E-state index in [0.717, 1.165) is 17.9 Å². The Bertz CT molecular complexity index is 631. The van der Waals surface area contributed by atoms with Crippen LogP contribution >= 0.6 is 0 Å². The summed E-state index contributed by atoms with van der Waals surface area (Å²) in [5.74, 6) is 0.736. The van der Waals surface area contributed by atoms with Crippen molar-refractivity contribution in [3.63, 3.8) is 0 Å². The number of nitrogens with zero attached hydrogens (tertiary/aromatic N) is 1. The molecule has 0 bridgehead atoms. The Morgan fingerprint density at radius 2 is 2.00 bits per heavy atom. The summed E-state index contributed by atoms with van der Waals surface area (Å²) in [6.07, 6.45) is 0. The first-order valence-electron chi connectivity index (χ1n) is 7.08. The number of nitriles is 1. The number of rotatable bonds is 6. The molecule has 0 radical (unpaired) electrons. The van der Waals surface area contributed by atoms with E-state index >= 15 is 0 Å². The Morgan fingerprint density at radius 1 is 1.19 bits per heavy atom. The van der Waals surface area contributed by atoms with Gasteiger partial charge >= 0.3 is 0 Å². The van der Waals surface area contributed by atoms with Crippen LogP contribution in [0, 0.1) is 18.3 Å². The average Bonchev–Trinajstić information content (AvgIpc) is 2.51. The van der Waals surface area contributed by atoms with Gasteiger partial charge < -0.3 is 10.1 Å². The fourth-order valence-electron chi connectivity index (χ4n) is 2.31. The molecular formula is C18H20N2O. The van der Waals surface area contributed by atoms with Gasteiger partial charge in [0.2, 0.25) is 0 Å². The van der Waals surface area contributed by atoms with Gasteiger partial charge in [-0.2, -0.15) is 5.26 Å². The minimum absolute atomic E-state index is 0.0799. The molecular weight excluding hydrogens is 260 g/mol. The molecule has 0 fully saturated rings. The topological polar surface area (TPSA) is 45.0 Å². The van der Waals surface area contributed by atoms with E-state index in [4.69, 9.17) is 10.00 Å². The summed E-state index contributed by atoms with van der Waals surface area (Å²) >= 11 is 0. The van der Waals surface area contributed by atoms with Crippen molar-refractivity contribution in [1.29, 1.82) is 5.26 Å². The van der Waals surface area contributed by atoms with Crippen LogP contribution in [0.15, 0.2) is 48.5 Å². The van der Waals surface area contributed by atoms with Crippen molar-refractivity contribution in [2.24, 2.45) is 0 Å². The van der Waals surface area contributed by atoms with Crippen molar-refractivity contribution in [1.82, 2.24) is 5.32 Å². The first-order chi connectivity index (χ1) is 10.2. The van der Waals surface area contributed by atoms with E-state index in [0.29, 0.717) is 0 Å². The Kier molecular flexibility index (Phi) is 5.36. The first kappa shape index (κ1) is 15.1. The lowest BCUT2D eigenvalue weighted by molar-refractivity contribution is 0.367. The Labute approximate surface area is 126 Å². The Balaban J connectivity index is 1.97. The third kappa shape index (κ3) is 4.34. The highest BCUT2D eigenvalue weighted by Crippen LogP contribution is 2.18. The van der Waals surface area contributed by atoms with Crippen molar-refractivity contribution >= 4 is 0 Å². The maximum absolute atomic E-state index is 8.54. The number of hydrogen-bond acceptors (Lipinski definition) is 3. The SMILES string of the molecule is Cc1ccccc1[C@@H](C)NCc1cccc(OCC#N)c1. The molecule has 0 aliphatic rings. The summed E-state index contributed by atoms with van der Waals surface area (Å²) in [5.41, 5.74) is 3.75. The molecule has 0 spiro atoms. The van der Waals surface area contributed by atoms with E-state index < -0.39 is 0 Å². The molecule has 0 heterocycles. The van der Waals surface area contributed by atoms with Crippen molar-refractivity contribution in [3.8, 4) is 11.8 Å². The lowest BCUT2D eigenvalue weighted by Gasteiger charge is -2.17. The van der Waals surface area contributed by atoms with Crippen LogP contribution < -0.4 is 10.1 Å². The molecule has 3 nitrogen and oxygen atoms in total. The molecule has 2 aromatic rings. The number of ether oxygens (including phenoxy) is 1. The van der Waals surface area contributed by atoms with Gasteiger partial charge in [-0.25, -0.2) is 0 Å². The third-order valence-electron chi connectivity index (χ3n) is 3.47. The largest absolute Gasteiger partial charge is 0.479 e. The minimum Gasteiger partial charge on any atom is -0.479 e. The molecule has 0 saturated carbocycles. The van der Waals surface area contributed by atoms with E-state index in [1.54, 1.807) is 0 Å². The van der Waals surface area contributed by atoms with Gasteiger partial charge in [0.05, 0.1) is 0 Å². The summed E-state index contributed by atoms with van der Waals surface area (Å²) < 4.78 is 5.32. The van der Waals surface area contributed by atoms with Crippen molar-refractivity contribution in [2.45, 2.75) is 26.4 Å². The lowest BCUT2D eigenvalue weighted by Crippen LogP contribution is -2.18. The summed E-state index contributed by atoms with van der Waals surface area (Å²) in [5, 5.41) is 12.1. The zero-order valence-electron chi connectivity index (χ0n) is 12.5. The van der Waals surface area contributed by atoms with E-state index in [9.17, 15) is 0 Å². The predicted molar refractivity (Wildman–Crippen MR) is 84.0 cm³/mol. The predicted octanol–water partition coefficient (Wildman–Crippen LogP) is 3.75. The number of nitrogens with one attached hydrogen (secondary N) is 1. The molecule has 2 rings (SSSR count). The van der Waals surface area contributed by atoms with Crippen LogP contribution in [0.2, 0.25) is 0 Å². The molecule has 108 valence electrons. The maximum atomic E-state index is 8.54. The number of benzene rings is 2. The van der Waals surface area contributed by atoms with Crippen molar-refractivity contribution in [2.75, 3.05) is 6.61 Å². The minimum atomic E-state index is 0.0799. The first-order valence-corrected chi connectivity index (χ1v) is 7.08. The lowest BCUT2D eigenvalue weighted by atomic mass is 10.0. The molecule has 0 aliphatic carbocycles. The van der Waals surface area contributed by atoms with Gasteiger partial charge in [0, 0.05) is 12.6 Å². The van der Waals surface area contributed by atoms with Gasteiger partial charge in [-0.3, -0.25) is 0 Å². The van der Waals surface area contributed by atoms with Gasteiger partial charge in [-0.1, -0.05) is 36.4 Å². The molecule has 0 amide bonds. The highest BCUT2D eigenvalue weighted by molar-refractivity contribution is 5.30. The van der Waals surface area contributed by atoms with E-state index in [1.807, 2.05) is 24.3 Å². The fraction of sp³-hybridized carbons (Fsp3) is 0.278. The molecule has 1 atom stereocenters. The maximum Gasteiger partial charge on any atom is 0.174 e. The van der Waals surface area contributed by atoms with Crippen LogP contribution in [0.1, 0.15) is 29.7 Å². The second-order valence-corrected chi connectivity index (χ2v) is 5.05. The molecule has 3 heteroatoms. The standard InChI is InChI=1S/C18H20N2O/c1-14-6-3-4-9-18(14)15(2)20-13-16-7-5-8-17(12-16)21-11-10-19/h3-9,12,15,20H,11,13H2,1-2H3/t15-/m1/s1.